The molecule has 2 aliphatic heterocycles. The van der Waals surface area contributed by atoms with Crippen LogP contribution in [0.25, 0.3) is 16.0 Å². The number of ether oxygens (including phenoxy) is 2. The predicted molar refractivity (Wildman–Crippen MR) is 178 cm³/mol. The van der Waals surface area contributed by atoms with E-state index >= 15 is 0 Å². The van der Waals surface area contributed by atoms with Crippen LogP contribution in [-0.4, -0.2) is 86.5 Å². The van der Waals surface area contributed by atoms with E-state index in [0.29, 0.717) is 24.9 Å². The van der Waals surface area contributed by atoms with Crippen molar-refractivity contribution in [2.45, 2.75) is 102 Å². The summed E-state index contributed by atoms with van der Waals surface area (Å²) in [6.45, 7) is 20.2. The molecule has 0 bridgehead atoms. The van der Waals surface area contributed by atoms with E-state index in [-0.39, 0.29) is 54.4 Å². The topological polar surface area (TPSA) is 223 Å². The molecule has 3 aromatic heterocycles. The molecule has 20 heteroatoms. The fourth-order valence-electron chi connectivity index (χ4n) is 5.26. The Bertz CT molecular complexity index is 1740. The quantitative estimate of drug-likeness (QED) is 0.101. The van der Waals surface area contributed by atoms with E-state index < -0.39 is 52.8 Å². The first-order chi connectivity index (χ1) is 22.7. The number of anilines is 2. The van der Waals surface area contributed by atoms with Gasteiger partial charge in [0.25, 0.3) is 5.56 Å². The van der Waals surface area contributed by atoms with E-state index in [0.717, 1.165) is 0 Å². The molecule has 0 saturated carbocycles. The third kappa shape index (κ3) is 7.92. The molecule has 7 atom stereocenters. The molecule has 5 N–H and O–H groups in total. The molecule has 2 aliphatic rings. The van der Waals surface area contributed by atoms with Gasteiger partial charge in [-0.1, -0.05) is 27.7 Å². The van der Waals surface area contributed by atoms with Gasteiger partial charge in [-0.15, -0.1) is 0 Å². The van der Waals surface area contributed by atoms with Crippen molar-refractivity contribution in [1.82, 2.24) is 34.1 Å². The molecular weight excluding hydrogens is 663 g/mol. The van der Waals surface area contributed by atoms with Crippen molar-refractivity contribution in [3.8, 4) is 0 Å². The number of nitrogens with two attached hydrogens (primary N) is 2. The zero-order valence-electron chi connectivity index (χ0n) is 27.9. The Morgan fingerprint density at radius 2 is 1.75 bits per heavy atom. The highest BCUT2D eigenvalue weighted by molar-refractivity contribution is 7.41. The van der Waals surface area contributed by atoms with Crippen molar-refractivity contribution >= 4 is 40.0 Å². The number of rotatable bonds is 13. The minimum absolute atomic E-state index is 0.0298. The van der Waals surface area contributed by atoms with Crippen molar-refractivity contribution < 1.29 is 27.5 Å². The summed E-state index contributed by atoms with van der Waals surface area (Å²) in [6, 6.07) is 0. The number of H-pyrrole nitrogens is 1. The van der Waals surface area contributed by atoms with Crippen LogP contribution >= 0.6 is 8.60 Å². The Morgan fingerprint density at radius 3 is 2.44 bits per heavy atom. The minimum Gasteiger partial charge on any atom is -0.411 e. The van der Waals surface area contributed by atoms with Crippen LogP contribution < -0.4 is 22.7 Å². The molecule has 0 spiro atoms. The maximum absolute atomic E-state index is 12.5. The van der Waals surface area contributed by atoms with Gasteiger partial charge >= 0.3 is 14.3 Å². The first-order valence-corrected chi connectivity index (χ1v) is 19.7. The predicted octanol–water partition coefficient (Wildman–Crippen LogP) is 2.88. The van der Waals surface area contributed by atoms with Gasteiger partial charge in [0, 0.05) is 12.8 Å². The average Bonchev–Trinajstić information content (AvgIpc) is 3.72. The van der Waals surface area contributed by atoms with Gasteiger partial charge in [-0.25, -0.2) is 21.3 Å². The molecule has 3 unspecified atom stereocenters. The van der Waals surface area contributed by atoms with E-state index in [1.165, 1.54) is 17.2 Å². The SMILES string of the molecule is [C-]#[N+]CCOP(OC[C@H]1O[C@@H](n2cnc3c(=O)[nH]c(N)nc32)CC1O[Si](C)(C)C(C)(C)C)OC1C[C@H](n2cnc(N)nc2=O)O[C@@H]1CC. The highest BCUT2D eigenvalue weighted by atomic mass is 31.2. The van der Waals surface area contributed by atoms with Gasteiger partial charge in [0.15, 0.2) is 19.5 Å². The summed E-state index contributed by atoms with van der Waals surface area (Å²) in [5.74, 6) is -0.153. The molecule has 5 rings (SSSR count). The van der Waals surface area contributed by atoms with Gasteiger partial charge in [0.1, 0.15) is 31.5 Å². The number of imidazole rings is 1. The molecule has 0 amide bonds. The van der Waals surface area contributed by atoms with Crippen molar-refractivity contribution in [3.05, 3.63) is 44.9 Å². The summed E-state index contributed by atoms with van der Waals surface area (Å²) in [7, 11) is -4.26. The van der Waals surface area contributed by atoms with Gasteiger partial charge in [-0.05, 0) is 24.6 Å². The molecule has 18 nitrogen and oxygen atoms in total. The number of nitrogens with one attached hydrogen (secondary N) is 1. The standard InChI is InChI=1S/C28H43N10O8PSi/c1-8-16-17(11-21(43-16)38-15-33-25(29)36-27(38)40)45-47(41-10-9-31-5)42-13-19-18(46-48(6,7)28(2,3)4)12-20(44-19)37-14-32-22-23(37)34-26(30)35-24(22)39/h14-21H,8-13H2,1-4,6-7H3,(H2,29,36,40)(H3,30,34,35,39)/t16-,17?,18?,19-,20-,21-,47?/m1/s1. The van der Waals surface area contributed by atoms with Crippen LogP contribution in [0.3, 0.4) is 0 Å². The van der Waals surface area contributed by atoms with E-state index in [1.807, 2.05) is 6.92 Å². The molecule has 48 heavy (non-hydrogen) atoms. The Kier molecular flexibility index (Phi) is 11.0. The van der Waals surface area contributed by atoms with Crippen LogP contribution in [0.4, 0.5) is 11.9 Å². The van der Waals surface area contributed by atoms with Crippen molar-refractivity contribution in [2.75, 3.05) is 31.2 Å². The van der Waals surface area contributed by atoms with Crippen molar-refractivity contribution in [3.63, 3.8) is 0 Å². The molecule has 5 heterocycles. The van der Waals surface area contributed by atoms with Crippen molar-refractivity contribution in [2.24, 2.45) is 0 Å². The van der Waals surface area contributed by atoms with Crippen molar-refractivity contribution in [1.29, 1.82) is 0 Å². The van der Waals surface area contributed by atoms with Gasteiger partial charge in [-0.3, -0.25) is 18.9 Å². The zero-order valence-corrected chi connectivity index (χ0v) is 29.8. The smallest absolute Gasteiger partial charge is 0.354 e. The second kappa shape index (κ2) is 14.6. The summed E-state index contributed by atoms with van der Waals surface area (Å²) in [5, 5.41) is -0.0776. The molecule has 2 saturated heterocycles. The zero-order chi connectivity index (χ0) is 34.8. The lowest BCUT2D eigenvalue weighted by Crippen LogP contribution is -2.46. The summed E-state index contributed by atoms with van der Waals surface area (Å²) < 4.78 is 41.0. The monoisotopic (exact) mass is 706 g/mol. The Balaban J connectivity index is 1.35. The van der Waals surface area contributed by atoms with Crippen LogP contribution in [0, 0.1) is 6.57 Å². The van der Waals surface area contributed by atoms with E-state index in [9.17, 15) is 9.59 Å². The first-order valence-electron chi connectivity index (χ1n) is 15.7. The van der Waals surface area contributed by atoms with Crippen LogP contribution in [-0.2, 0) is 27.5 Å². The first kappa shape index (κ1) is 36.0. The minimum atomic E-state index is -2.28. The van der Waals surface area contributed by atoms with Crippen LogP contribution in [0.2, 0.25) is 18.1 Å². The summed E-state index contributed by atoms with van der Waals surface area (Å²) in [4.78, 5) is 46.9. The highest BCUT2D eigenvalue weighted by Gasteiger charge is 2.46. The average molecular weight is 707 g/mol. The number of fused-ring (bicyclic) bond motifs is 1. The molecule has 0 radical (unpaired) electrons. The summed E-state index contributed by atoms with van der Waals surface area (Å²) in [6.07, 6.45) is 1.09. The lowest BCUT2D eigenvalue weighted by Gasteiger charge is -2.39. The second-order valence-electron chi connectivity index (χ2n) is 13.1. The number of hydrogen-bond acceptors (Lipinski definition) is 14. The second-order valence-corrected chi connectivity index (χ2v) is 19.0. The maximum atomic E-state index is 12.5. The Labute approximate surface area is 279 Å². The number of aromatic amines is 1. The normalized spacial score (nSPS) is 25.4. The van der Waals surface area contributed by atoms with Crippen LogP contribution in [0.1, 0.15) is 59.4 Å². The van der Waals surface area contributed by atoms with Gasteiger partial charge in [0.2, 0.25) is 18.4 Å². The fourth-order valence-corrected chi connectivity index (χ4v) is 7.75. The molecule has 262 valence electrons. The van der Waals surface area contributed by atoms with Crippen LogP contribution in [0.15, 0.2) is 22.2 Å². The lowest BCUT2D eigenvalue weighted by molar-refractivity contribution is -0.0443. The molecule has 2 fully saturated rings. The number of hydrogen-bond donors (Lipinski definition) is 3. The Morgan fingerprint density at radius 1 is 1.06 bits per heavy atom. The van der Waals surface area contributed by atoms with Gasteiger partial charge < -0.3 is 43.8 Å². The third-order valence-corrected chi connectivity index (χ3v) is 14.5. The van der Waals surface area contributed by atoms with E-state index in [2.05, 4.69) is 63.6 Å². The highest BCUT2D eigenvalue weighted by Crippen LogP contribution is 2.47. The fraction of sp³-hybridized carbons (Fsp3) is 0.679. The van der Waals surface area contributed by atoms with E-state index in [1.54, 1.807) is 4.57 Å². The van der Waals surface area contributed by atoms with Gasteiger partial charge in [-0.2, -0.15) is 9.97 Å². The largest absolute Gasteiger partial charge is 0.411 e. The summed E-state index contributed by atoms with van der Waals surface area (Å²) in [5.41, 5.74) is 10.8. The summed E-state index contributed by atoms with van der Waals surface area (Å²) >= 11 is 0. The van der Waals surface area contributed by atoms with Crippen LogP contribution in [0.5, 0.6) is 0 Å². The number of nitrogens with zero attached hydrogens (tertiary/aromatic N) is 7. The Hall–Kier alpha value is -3.34. The molecule has 0 aromatic carbocycles. The maximum Gasteiger partial charge on any atom is 0.354 e. The molecule has 3 aromatic rings. The van der Waals surface area contributed by atoms with E-state index in [4.69, 9.17) is 45.5 Å². The van der Waals surface area contributed by atoms with Gasteiger partial charge in [0.05, 0.1) is 31.2 Å². The molecular formula is C28H43N10O8PSi. The molecule has 0 aliphatic carbocycles. The number of aromatic nitrogens is 7. The lowest BCUT2D eigenvalue weighted by atomic mass is 10.1. The third-order valence-electron chi connectivity index (χ3n) is 8.80. The number of nitrogen functional groups attached to an aromatic ring is 2.